The molecule has 0 fully saturated rings. The van der Waals surface area contributed by atoms with E-state index in [-0.39, 0.29) is 18.9 Å². The van der Waals surface area contributed by atoms with Crippen molar-refractivity contribution in [3.8, 4) is 5.75 Å². The maximum atomic E-state index is 11.7. The Hall–Kier alpha value is -2.04. The highest BCUT2D eigenvalue weighted by Gasteiger charge is 2.18. The van der Waals surface area contributed by atoms with Crippen LogP contribution in [0.15, 0.2) is 18.2 Å². The molecule has 1 aromatic rings. The average Bonchev–Trinajstić information content (AvgIpc) is 2.42. The second kappa shape index (κ2) is 8.29. The predicted molar refractivity (Wildman–Crippen MR) is 80.5 cm³/mol. The van der Waals surface area contributed by atoms with Gasteiger partial charge in [-0.2, -0.15) is 0 Å². The molecule has 5 nitrogen and oxygen atoms in total. The molecule has 0 radical (unpaired) electrons. The molecular weight excluding hydrogens is 270 g/mol. The molecule has 0 bridgehead atoms. The molecule has 0 unspecified atom stereocenters. The van der Waals surface area contributed by atoms with Gasteiger partial charge in [-0.05, 0) is 37.5 Å². The number of aliphatic carboxylic acids is 1. The van der Waals surface area contributed by atoms with Gasteiger partial charge in [0.1, 0.15) is 11.8 Å². The van der Waals surface area contributed by atoms with Gasteiger partial charge >= 0.3 is 5.97 Å². The van der Waals surface area contributed by atoms with Gasteiger partial charge in [-0.25, -0.2) is 4.79 Å². The highest BCUT2D eigenvalue weighted by Crippen LogP contribution is 2.19. The molecule has 1 rings (SSSR count). The van der Waals surface area contributed by atoms with Crippen LogP contribution in [0.4, 0.5) is 0 Å². The minimum Gasteiger partial charge on any atom is -0.493 e. The van der Waals surface area contributed by atoms with Crippen molar-refractivity contribution >= 4 is 11.9 Å². The van der Waals surface area contributed by atoms with Gasteiger partial charge in [0, 0.05) is 0 Å². The van der Waals surface area contributed by atoms with Crippen LogP contribution in [-0.2, 0) is 9.59 Å². The van der Waals surface area contributed by atoms with Crippen LogP contribution >= 0.6 is 0 Å². The molecule has 5 heteroatoms. The van der Waals surface area contributed by atoms with E-state index < -0.39 is 12.0 Å². The first-order valence-electron chi connectivity index (χ1n) is 7.16. The molecule has 0 aliphatic heterocycles. The number of carboxylic acids is 1. The van der Waals surface area contributed by atoms with E-state index in [1.165, 1.54) is 0 Å². The molecule has 0 aliphatic carbocycles. The first-order chi connectivity index (χ1) is 9.93. The Bertz CT molecular complexity index is 499. The monoisotopic (exact) mass is 293 g/mol. The van der Waals surface area contributed by atoms with Crippen molar-refractivity contribution in [1.82, 2.24) is 5.32 Å². The molecule has 1 aromatic carbocycles. The van der Waals surface area contributed by atoms with Gasteiger partial charge in [-0.3, -0.25) is 4.79 Å². The number of carbonyl (C=O) groups excluding carboxylic acids is 1. The number of carboxylic acid groups (broad SMARTS) is 1. The van der Waals surface area contributed by atoms with Gasteiger partial charge in [-0.15, -0.1) is 0 Å². The summed E-state index contributed by atoms with van der Waals surface area (Å²) in [7, 11) is 0. The standard InChI is InChI=1S/C16H23NO4/c1-4-5-13(16(19)20)17-15(18)8-9-21-14-10-11(2)6-7-12(14)3/h6-7,10,13H,4-5,8-9H2,1-3H3,(H,17,18)(H,19,20)/t13-/m0/s1. The molecule has 21 heavy (non-hydrogen) atoms. The first kappa shape index (κ1) is 17.0. The second-order valence-corrected chi connectivity index (χ2v) is 5.11. The van der Waals surface area contributed by atoms with Crippen molar-refractivity contribution in [3.05, 3.63) is 29.3 Å². The molecule has 0 heterocycles. The summed E-state index contributed by atoms with van der Waals surface area (Å²) in [6.07, 6.45) is 1.27. The van der Waals surface area contributed by atoms with Crippen LogP contribution in [0.3, 0.4) is 0 Å². The number of rotatable bonds is 8. The lowest BCUT2D eigenvalue weighted by Gasteiger charge is -2.14. The van der Waals surface area contributed by atoms with Crippen molar-refractivity contribution < 1.29 is 19.4 Å². The quantitative estimate of drug-likeness (QED) is 0.772. The van der Waals surface area contributed by atoms with Gasteiger partial charge in [0.15, 0.2) is 0 Å². The van der Waals surface area contributed by atoms with Crippen LogP contribution in [0.2, 0.25) is 0 Å². The van der Waals surface area contributed by atoms with Crippen molar-refractivity contribution in [3.63, 3.8) is 0 Å². The summed E-state index contributed by atoms with van der Waals surface area (Å²) < 4.78 is 5.58. The minimum atomic E-state index is -0.999. The Balaban J connectivity index is 2.42. The van der Waals surface area contributed by atoms with Crippen LogP contribution in [0.25, 0.3) is 0 Å². The van der Waals surface area contributed by atoms with Gasteiger partial charge < -0.3 is 15.2 Å². The normalized spacial score (nSPS) is 11.8. The third-order valence-electron chi connectivity index (χ3n) is 3.14. The Morgan fingerprint density at radius 3 is 2.67 bits per heavy atom. The predicted octanol–water partition coefficient (Wildman–Crippen LogP) is 2.44. The highest BCUT2D eigenvalue weighted by molar-refractivity contribution is 5.83. The summed E-state index contributed by atoms with van der Waals surface area (Å²) in [6, 6.07) is 5.07. The molecule has 116 valence electrons. The number of carbonyl (C=O) groups is 2. The SMILES string of the molecule is CCC[C@H](NC(=O)CCOc1cc(C)ccc1C)C(=O)O. The summed E-state index contributed by atoms with van der Waals surface area (Å²) in [4.78, 5) is 22.7. The zero-order valence-corrected chi connectivity index (χ0v) is 12.8. The van der Waals surface area contributed by atoms with Gasteiger partial charge in [-0.1, -0.05) is 25.5 Å². The third-order valence-corrected chi connectivity index (χ3v) is 3.14. The van der Waals surface area contributed by atoms with Crippen LogP contribution in [0.1, 0.15) is 37.3 Å². The second-order valence-electron chi connectivity index (χ2n) is 5.11. The number of ether oxygens (including phenoxy) is 1. The Labute approximate surface area is 125 Å². The van der Waals surface area contributed by atoms with Crippen LogP contribution in [0.5, 0.6) is 5.75 Å². The Morgan fingerprint density at radius 2 is 2.05 bits per heavy atom. The van der Waals surface area contributed by atoms with Crippen molar-refractivity contribution in [2.75, 3.05) is 6.61 Å². The maximum Gasteiger partial charge on any atom is 0.326 e. The zero-order valence-electron chi connectivity index (χ0n) is 12.8. The number of amides is 1. The number of benzene rings is 1. The van der Waals surface area contributed by atoms with Gasteiger partial charge in [0.25, 0.3) is 0 Å². The van der Waals surface area contributed by atoms with Crippen molar-refractivity contribution in [1.29, 1.82) is 0 Å². The van der Waals surface area contributed by atoms with Crippen molar-refractivity contribution in [2.24, 2.45) is 0 Å². The van der Waals surface area contributed by atoms with E-state index in [0.29, 0.717) is 12.8 Å². The number of nitrogens with one attached hydrogen (secondary N) is 1. The lowest BCUT2D eigenvalue weighted by molar-refractivity contribution is -0.142. The maximum absolute atomic E-state index is 11.7. The molecule has 1 amide bonds. The lowest BCUT2D eigenvalue weighted by atomic mass is 10.1. The largest absolute Gasteiger partial charge is 0.493 e. The van der Waals surface area contributed by atoms with Crippen molar-refractivity contribution in [2.45, 2.75) is 46.1 Å². The highest BCUT2D eigenvalue weighted by atomic mass is 16.5. The summed E-state index contributed by atoms with van der Waals surface area (Å²) in [5, 5.41) is 11.5. The fourth-order valence-corrected chi connectivity index (χ4v) is 1.93. The Kier molecular flexibility index (Phi) is 6.72. The molecule has 0 aromatic heterocycles. The van der Waals surface area contributed by atoms with E-state index >= 15 is 0 Å². The minimum absolute atomic E-state index is 0.140. The summed E-state index contributed by atoms with van der Waals surface area (Å²) in [5.41, 5.74) is 2.10. The number of aryl methyl sites for hydroxylation is 2. The molecule has 0 saturated heterocycles. The van der Waals surface area contributed by atoms with E-state index in [9.17, 15) is 9.59 Å². The smallest absolute Gasteiger partial charge is 0.326 e. The summed E-state index contributed by atoms with van der Waals surface area (Å²) in [5.74, 6) is -0.548. The average molecular weight is 293 g/mol. The zero-order chi connectivity index (χ0) is 15.8. The van der Waals surface area contributed by atoms with E-state index in [2.05, 4.69) is 5.32 Å². The van der Waals surface area contributed by atoms with Crippen LogP contribution in [-0.4, -0.2) is 29.6 Å². The molecule has 2 N–H and O–H groups in total. The van der Waals surface area contributed by atoms with E-state index in [1.54, 1.807) is 0 Å². The fourth-order valence-electron chi connectivity index (χ4n) is 1.93. The van der Waals surface area contributed by atoms with E-state index in [4.69, 9.17) is 9.84 Å². The summed E-state index contributed by atoms with van der Waals surface area (Å²) >= 11 is 0. The van der Waals surface area contributed by atoms with Crippen LogP contribution in [0, 0.1) is 13.8 Å². The van der Waals surface area contributed by atoms with Gasteiger partial charge in [0.05, 0.1) is 13.0 Å². The summed E-state index contributed by atoms with van der Waals surface area (Å²) in [6.45, 7) is 6.03. The van der Waals surface area contributed by atoms with Gasteiger partial charge in [0.2, 0.25) is 5.91 Å². The molecule has 0 aliphatic rings. The third kappa shape index (κ3) is 5.85. The molecular formula is C16H23NO4. The fraction of sp³-hybridized carbons (Fsp3) is 0.500. The Morgan fingerprint density at radius 1 is 1.33 bits per heavy atom. The topological polar surface area (TPSA) is 75.6 Å². The first-order valence-corrected chi connectivity index (χ1v) is 7.16. The number of hydrogen-bond donors (Lipinski definition) is 2. The van der Waals surface area contributed by atoms with Crippen LogP contribution < -0.4 is 10.1 Å². The lowest BCUT2D eigenvalue weighted by Crippen LogP contribution is -2.41. The molecule has 0 spiro atoms. The molecule has 0 saturated carbocycles. The van der Waals surface area contributed by atoms with E-state index in [1.807, 2.05) is 39.0 Å². The number of hydrogen-bond acceptors (Lipinski definition) is 3. The van der Waals surface area contributed by atoms with E-state index in [0.717, 1.165) is 16.9 Å². The molecule has 1 atom stereocenters.